The number of para-hydroxylation sites is 1. The lowest BCUT2D eigenvalue weighted by molar-refractivity contribution is 0.481. The van der Waals surface area contributed by atoms with E-state index in [4.69, 9.17) is 4.99 Å². The Morgan fingerprint density at radius 3 is 2.62 bits per heavy atom. The standard InChI is InChI=1S/C19H29N5/c1-4-16(5-2)13-22-19(21-6-3)23-14-17-9-7-8-10-18(17)24-12-11-20-15-24/h7-12,15-16H,4-6,13-14H2,1-3H3,(H2,21,22,23). The molecule has 1 aromatic carbocycles. The molecule has 0 aliphatic heterocycles. The molecule has 0 amide bonds. The van der Waals surface area contributed by atoms with Gasteiger partial charge in [0.15, 0.2) is 5.96 Å². The second kappa shape index (κ2) is 9.75. The number of guanidine groups is 1. The molecule has 24 heavy (non-hydrogen) atoms. The highest BCUT2D eigenvalue weighted by Crippen LogP contribution is 2.15. The summed E-state index contributed by atoms with van der Waals surface area (Å²) in [6.45, 7) is 9.02. The lowest BCUT2D eigenvalue weighted by Crippen LogP contribution is -2.39. The van der Waals surface area contributed by atoms with Crippen molar-refractivity contribution in [3.8, 4) is 5.69 Å². The topological polar surface area (TPSA) is 54.2 Å². The molecule has 5 nitrogen and oxygen atoms in total. The Morgan fingerprint density at radius 2 is 1.96 bits per heavy atom. The first-order valence-corrected chi connectivity index (χ1v) is 8.86. The van der Waals surface area contributed by atoms with Gasteiger partial charge in [0, 0.05) is 25.5 Å². The minimum Gasteiger partial charge on any atom is -0.357 e. The third-order valence-corrected chi connectivity index (χ3v) is 4.24. The molecule has 2 rings (SSSR count). The second-order valence-corrected chi connectivity index (χ2v) is 5.86. The van der Waals surface area contributed by atoms with Crippen molar-refractivity contribution in [1.82, 2.24) is 20.2 Å². The molecule has 130 valence electrons. The number of benzene rings is 1. The van der Waals surface area contributed by atoms with Crippen molar-refractivity contribution in [2.75, 3.05) is 13.1 Å². The zero-order valence-corrected chi connectivity index (χ0v) is 15.0. The Bertz CT molecular complexity index is 614. The molecule has 1 heterocycles. The Balaban J connectivity index is 2.08. The van der Waals surface area contributed by atoms with Gasteiger partial charge in [-0.15, -0.1) is 0 Å². The summed E-state index contributed by atoms with van der Waals surface area (Å²) in [7, 11) is 0. The summed E-state index contributed by atoms with van der Waals surface area (Å²) in [5, 5.41) is 6.80. The smallest absolute Gasteiger partial charge is 0.191 e. The normalized spacial score (nSPS) is 11.8. The fourth-order valence-corrected chi connectivity index (χ4v) is 2.62. The van der Waals surface area contributed by atoms with E-state index < -0.39 is 0 Å². The van der Waals surface area contributed by atoms with Crippen molar-refractivity contribution >= 4 is 5.96 Å². The van der Waals surface area contributed by atoms with Crippen LogP contribution in [0.2, 0.25) is 0 Å². The fraction of sp³-hybridized carbons (Fsp3) is 0.474. The highest BCUT2D eigenvalue weighted by molar-refractivity contribution is 5.79. The zero-order chi connectivity index (χ0) is 17.2. The SMILES string of the molecule is CCNC(=NCc1ccccc1-n1ccnc1)NCC(CC)CC. The quantitative estimate of drug-likeness (QED) is 0.577. The zero-order valence-electron chi connectivity index (χ0n) is 15.0. The molecule has 0 fully saturated rings. The van der Waals surface area contributed by atoms with Crippen LogP contribution in [0.25, 0.3) is 5.69 Å². The Hall–Kier alpha value is -2.30. The van der Waals surface area contributed by atoms with Crippen LogP contribution in [0, 0.1) is 5.92 Å². The summed E-state index contributed by atoms with van der Waals surface area (Å²) in [4.78, 5) is 8.89. The maximum Gasteiger partial charge on any atom is 0.191 e. The van der Waals surface area contributed by atoms with Crippen LogP contribution < -0.4 is 10.6 Å². The molecule has 0 bridgehead atoms. The predicted molar refractivity (Wildman–Crippen MR) is 100 cm³/mol. The average molecular weight is 327 g/mol. The van der Waals surface area contributed by atoms with Crippen LogP contribution in [-0.4, -0.2) is 28.6 Å². The monoisotopic (exact) mass is 327 g/mol. The van der Waals surface area contributed by atoms with Crippen molar-refractivity contribution < 1.29 is 0 Å². The number of aromatic nitrogens is 2. The Morgan fingerprint density at radius 1 is 1.17 bits per heavy atom. The van der Waals surface area contributed by atoms with Crippen LogP contribution in [0.5, 0.6) is 0 Å². The largest absolute Gasteiger partial charge is 0.357 e. The number of nitrogens with one attached hydrogen (secondary N) is 2. The number of aliphatic imine (C=N–C) groups is 1. The molecule has 0 aliphatic carbocycles. The molecule has 0 saturated heterocycles. The fourth-order valence-electron chi connectivity index (χ4n) is 2.62. The first kappa shape index (κ1) is 18.0. The minimum atomic E-state index is 0.632. The van der Waals surface area contributed by atoms with E-state index in [2.05, 4.69) is 54.6 Å². The van der Waals surface area contributed by atoms with Gasteiger partial charge in [-0.1, -0.05) is 44.9 Å². The van der Waals surface area contributed by atoms with E-state index in [0.717, 1.165) is 24.7 Å². The van der Waals surface area contributed by atoms with Crippen LogP contribution in [0.15, 0.2) is 48.0 Å². The first-order chi connectivity index (χ1) is 11.8. The summed E-state index contributed by atoms with van der Waals surface area (Å²) in [6.07, 6.45) is 7.94. The van der Waals surface area contributed by atoms with E-state index in [0.29, 0.717) is 12.5 Å². The van der Waals surface area contributed by atoms with Gasteiger partial charge in [-0.3, -0.25) is 0 Å². The van der Waals surface area contributed by atoms with Gasteiger partial charge < -0.3 is 15.2 Å². The predicted octanol–water partition coefficient (Wildman–Crippen LogP) is 3.36. The first-order valence-electron chi connectivity index (χ1n) is 8.86. The molecule has 1 aromatic heterocycles. The molecule has 0 spiro atoms. The maximum absolute atomic E-state index is 4.76. The maximum atomic E-state index is 4.76. The van der Waals surface area contributed by atoms with E-state index in [9.17, 15) is 0 Å². The summed E-state index contributed by atoms with van der Waals surface area (Å²) >= 11 is 0. The summed E-state index contributed by atoms with van der Waals surface area (Å²) in [5.74, 6) is 1.57. The third-order valence-electron chi connectivity index (χ3n) is 4.24. The van der Waals surface area contributed by atoms with Crippen LogP contribution in [-0.2, 0) is 6.54 Å². The van der Waals surface area contributed by atoms with Crippen molar-refractivity contribution in [2.45, 2.75) is 40.2 Å². The molecule has 2 aromatic rings. The number of nitrogens with zero attached hydrogens (tertiary/aromatic N) is 3. The van der Waals surface area contributed by atoms with Gasteiger partial charge in [0.25, 0.3) is 0 Å². The van der Waals surface area contributed by atoms with Gasteiger partial charge in [-0.2, -0.15) is 0 Å². The van der Waals surface area contributed by atoms with E-state index in [1.807, 2.05) is 23.2 Å². The number of rotatable bonds is 8. The Kier molecular flexibility index (Phi) is 7.33. The Labute approximate surface area is 145 Å². The number of hydrogen-bond acceptors (Lipinski definition) is 2. The van der Waals surface area contributed by atoms with Gasteiger partial charge in [-0.25, -0.2) is 9.98 Å². The van der Waals surface area contributed by atoms with Crippen LogP contribution in [0.1, 0.15) is 39.2 Å². The van der Waals surface area contributed by atoms with E-state index in [1.165, 1.54) is 18.4 Å². The lowest BCUT2D eigenvalue weighted by atomic mass is 10.0. The summed E-state index contributed by atoms with van der Waals surface area (Å²) in [6, 6.07) is 8.30. The van der Waals surface area contributed by atoms with E-state index >= 15 is 0 Å². The van der Waals surface area contributed by atoms with Gasteiger partial charge in [0.05, 0.1) is 18.6 Å². The molecule has 0 saturated carbocycles. The number of hydrogen-bond donors (Lipinski definition) is 2. The van der Waals surface area contributed by atoms with Crippen molar-refractivity contribution in [3.05, 3.63) is 48.5 Å². The van der Waals surface area contributed by atoms with Gasteiger partial charge in [0.1, 0.15) is 0 Å². The minimum absolute atomic E-state index is 0.632. The van der Waals surface area contributed by atoms with E-state index in [1.54, 1.807) is 6.20 Å². The van der Waals surface area contributed by atoms with Crippen LogP contribution >= 0.6 is 0 Å². The molecule has 0 radical (unpaired) electrons. The van der Waals surface area contributed by atoms with Crippen molar-refractivity contribution in [1.29, 1.82) is 0 Å². The average Bonchev–Trinajstić information content (AvgIpc) is 3.15. The summed E-state index contributed by atoms with van der Waals surface area (Å²) in [5.41, 5.74) is 2.30. The molecule has 2 N–H and O–H groups in total. The third kappa shape index (κ3) is 5.11. The lowest BCUT2D eigenvalue weighted by Gasteiger charge is -2.17. The van der Waals surface area contributed by atoms with Gasteiger partial charge in [0.2, 0.25) is 0 Å². The highest BCUT2D eigenvalue weighted by atomic mass is 15.2. The molecule has 0 atom stereocenters. The van der Waals surface area contributed by atoms with Gasteiger partial charge in [-0.05, 0) is 24.5 Å². The second-order valence-electron chi connectivity index (χ2n) is 5.86. The van der Waals surface area contributed by atoms with Crippen LogP contribution in [0.4, 0.5) is 0 Å². The molecule has 0 aliphatic rings. The van der Waals surface area contributed by atoms with Crippen molar-refractivity contribution in [3.63, 3.8) is 0 Å². The highest BCUT2D eigenvalue weighted by Gasteiger charge is 2.06. The molecule has 5 heteroatoms. The van der Waals surface area contributed by atoms with Gasteiger partial charge >= 0.3 is 0 Å². The molecular weight excluding hydrogens is 298 g/mol. The van der Waals surface area contributed by atoms with E-state index in [-0.39, 0.29) is 0 Å². The molecule has 0 unspecified atom stereocenters. The number of imidazole rings is 1. The van der Waals surface area contributed by atoms with Crippen LogP contribution in [0.3, 0.4) is 0 Å². The molecular formula is C19H29N5. The van der Waals surface area contributed by atoms with Crippen molar-refractivity contribution in [2.24, 2.45) is 10.9 Å². The summed E-state index contributed by atoms with van der Waals surface area (Å²) < 4.78 is 2.02.